The van der Waals surface area contributed by atoms with Crippen molar-refractivity contribution in [2.75, 3.05) is 5.32 Å². The summed E-state index contributed by atoms with van der Waals surface area (Å²) in [6.45, 7) is 5.74. The number of hydrogen-bond acceptors (Lipinski definition) is 3. The number of nitrogens with one attached hydrogen (secondary N) is 1. The van der Waals surface area contributed by atoms with E-state index in [1.165, 1.54) is 12.1 Å². The number of anilines is 1. The van der Waals surface area contributed by atoms with E-state index < -0.39 is 10.0 Å². The van der Waals surface area contributed by atoms with Crippen molar-refractivity contribution in [3.8, 4) is 0 Å². The predicted molar refractivity (Wildman–Crippen MR) is 70.3 cm³/mol. The van der Waals surface area contributed by atoms with E-state index in [9.17, 15) is 8.42 Å². The maximum absolute atomic E-state index is 11.1. The highest BCUT2D eigenvalue weighted by atomic mass is 32.2. The average molecular weight is 254 g/mol. The lowest BCUT2D eigenvalue weighted by Gasteiger charge is -2.14. The molecule has 1 aromatic rings. The minimum atomic E-state index is -3.60. The summed E-state index contributed by atoms with van der Waals surface area (Å²) in [6, 6.07) is 6.73. The topological polar surface area (TPSA) is 72.2 Å². The Morgan fingerprint density at radius 3 is 2.47 bits per heavy atom. The summed E-state index contributed by atoms with van der Waals surface area (Å²) in [5, 5.41) is 8.29. The van der Waals surface area contributed by atoms with Gasteiger partial charge in [0.05, 0.1) is 4.90 Å². The summed E-state index contributed by atoms with van der Waals surface area (Å²) >= 11 is 0. The highest BCUT2D eigenvalue weighted by molar-refractivity contribution is 7.89. The van der Waals surface area contributed by atoms with Gasteiger partial charge in [-0.05, 0) is 44.0 Å². The lowest BCUT2D eigenvalue weighted by Crippen LogP contribution is -2.15. The molecule has 1 aromatic carbocycles. The van der Waals surface area contributed by atoms with E-state index in [-0.39, 0.29) is 4.90 Å². The van der Waals surface area contributed by atoms with E-state index in [4.69, 9.17) is 5.14 Å². The molecule has 1 unspecified atom stereocenters. The van der Waals surface area contributed by atoms with Crippen LogP contribution < -0.4 is 10.5 Å². The van der Waals surface area contributed by atoms with Crippen molar-refractivity contribution in [1.29, 1.82) is 0 Å². The lowest BCUT2D eigenvalue weighted by molar-refractivity contribution is 0.598. The molecule has 0 saturated carbocycles. The molecule has 94 valence electrons. The number of rotatable bonds is 6. The van der Waals surface area contributed by atoms with Gasteiger partial charge < -0.3 is 5.32 Å². The number of benzene rings is 1. The Morgan fingerprint density at radius 2 is 2.00 bits per heavy atom. The first-order chi connectivity index (χ1) is 7.93. The molecule has 5 heteroatoms. The predicted octanol–water partition coefficient (Wildman–Crippen LogP) is 2.10. The molecule has 0 heterocycles. The van der Waals surface area contributed by atoms with Crippen molar-refractivity contribution >= 4 is 15.7 Å². The molecule has 0 radical (unpaired) electrons. The van der Waals surface area contributed by atoms with E-state index in [1.54, 1.807) is 12.1 Å². The van der Waals surface area contributed by atoms with E-state index in [2.05, 4.69) is 18.8 Å². The van der Waals surface area contributed by atoms with Crippen LogP contribution in [-0.4, -0.2) is 14.5 Å². The van der Waals surface area contributed by atoms with Crippen molar-refractivity contribution in [3.05, 3.63) is 36.9 Å². The molecule has 1 rings (SSSR count). The zero-order chi connectivity index (χ0) is 12.9. The molecular weight excluding hydrogens is 236 g/mol. The first-order valence-corrected chi connectivity index (χ1v) is 6.98. The molecule has 0 amide bonds. The molecule has 0 saturated heterocycles. The molecule has 0 aromatic heterocycles. The highest BCUT2D eigenvalue weighted by Crippen LogP contribution is 2.14. The number of nitrogens with two attached hydrogens (primary N) is 1. The summed E-state index contributed by atoms with van der Waals surface area (Å²) in [5.41, 5.74) is 0.883. The normalized spacial score (nSPS) is 13.1. The van der Waals surface area contributed by atoms with E-state index >= 15 is 0 Å². The zero-order valence-corrected chi connectivity index (χ0v) is 10.7. The third-order valence-corrected chi connectivity index (χ3v) is 3.33. The molecule has 0 aliphatic heterocycles. The highest BCUT2D eigenvalue weighted by Gasteiger charge is 2.07. The van der Waals surface area contributed by atoms with Gasteiger partial charge in [0.15, 0.2) is 0 Å². The van der Waals surface area contributed by atoms with Gasteiger partial charge in [-0.1, -0.05) is 6.08 Å². The van der Waals surface area contributed by atoms with Crippen LogP contribution in [0.3, 0.4) is 0 Å². The zero-order valence-electron chi connectivity index (χ0n) is 9.89. The van der Waals surface area contributed by atoms with Crippen LogP contribution in [0.4, 0.5) is 5.69 Å². The fourth-order valence-electron chi connectivity index (χ4n) is 1.47. The first-order valence-electron chi connectivity index (χ1n) is 5.44. The molecule has 3 N–H and O–H groups in total. The Labute approximate surface area is 103 Å². The molecule has 1 atom stereocenters. The van der Waals surface area contributed by atoms with Gasteiger partial charge in [-0.25, -0.2) is 13.6 Å². The van der Waals surface area contributed by atoms with Crippen LogP contribution in [0, 0.1) is 0 Å². The number of primary sulfonamides is 1. The van der Waals surface area contributed by atoms with Crippen LogP contribution in [0.5, 0.6) is 0 Å². The summed E-state index contributed by atoms with van der Waals surface area (Å²) in [7, 11) is -3.60. The van der Waals surface area contributed by atoms with Crippen molar-refractivity contribution in [2.24, 2.45) is 5.14 Å². The Morgan fingerprint density at radius 1 is 1.41 bits per heavy atom. The van der Waals surface area contributed by atoms with Crippen molar-refractivity contribution < 1.29 is 8.42 Å². The van der Waals surface area contributed by atoms with Gasteiger partial charge in [-0.2, -0.15) is 0 Å². The summed E-state index contributed by atoms with van der Waals surface area (Å²) < 4.78 is 22.1. The van der Waals surface area contributed by atoms with Gasteiger partial charge >= 0.3 is 0 Å². The Bertz CT molecular complexity index is 466. The van der Waals surface area contributed by atoms with Gasteiger partial charge in [-0.15, -0.1) is 6.58 Å². The summed E-state index contributed by atoms with van der Waals surface area (Å²) in [5.74, 6) is 0. The minimum absolute atomic E-state index is 0.127. The molecular formula is C12H18N2O2S. The van der Waals surface area contributed by atoms with E-state index in [1.807, 2.05) is 6.08 Å². The minimum Gasteiger partial charge on any atom is -0.383 e. The fourth-order valence-corrected chi connectivity index (χ4v) is 1.98. The standard InChI is InChI=1S/C12H18N2O2S/c1-3-4-5-10(2)14-11-6-8-12(9-7-11)17(13,15)16/h3,6-10,14H,1,4-5H2,2H3,(H2,13,15,16). The van der Waals surface area contributed by atoms with Crippen molar-refractivity contribution in [2.45, 2.75) is 30.7 Å². The first kappa shape index (κ1) is 13.7. The quantitative estimate of drug-likeness (QED) is 0.764. The second-order valence-corrected chi connectivity index (χ2v) is 5.54. The molecule has 4 nitrogen and oxygen atoms in total. The van der Waals surface area contributed by atoms with E-state index in [0.717, 1.165) is 18.5 Å². The van der Waals surface area contributed by atoms with Gasteiger partial charge in [-0.3, -0.25) is 0 Å². The third-order valence-electron chi connectivity index (χ3n) is 2.40. The average Bonchev–Trinajstić information content (AvgIpc) is 2.26. The second kappa shape index (κ2) is 5.84. The molecule has 0 aliphatic rings. The van der Waals surface area contributed by atoms with Crippen molar-refractivity contribution in [3.63, 3.8) is 0 Å². The molecule has 17 heavy (non-hydrogen) atoms. The van der Waals surface area contributed by atoms with Crippen molar-refractivity contribution in [1.82, 2.24) is 0 Å². The SMILES string of the molecule is C=CCCC(C)Nc1ccc(S(N)(=O)=O)cc1. The van der Waals surface area contributed by atoms with Crippen LogP contribution in [0.25, 0.3) is 0 Å². The number of hydrogen-bond donors (Lipinski definition) is 2. The fraction of sp³-hybridized carbons (Fsp3) is 0.333. The Balaban J connectivity index is 2.65. The third kappa shape index (κ3) is 4.58. The van der Waals surface area contributed by atoms with E-state index in [0.29, 0.717) is 6.04 Å². The maximum atomic E-state index is 11.1. The maximum Gasteiger partial charge on any atom is 0.238 e. The van der Waals surface area contributed by atoms with Gasteiger partial charge in [0, 0.05) is 11.7 Å². The van der Waals surface area contributed by atoms with Gasteiger partial charge in [0.25, 0.3) is 0 Å². The van der Waals surface area contributed by atoms with Crippen LogP contribution >= 0.6 is 0 Å². The van der Waals surface area contributed by atoms with Crippen LogP contribution in [0.1, 0.15) is 19.8 Å². The van der Waals surface area contributed by atoms with Crippen LogP contribution in [0.2, 0.25) is 0 Å². The lowest BCUT2D eigenvalue weighted by atomic mass is 10.1. The van der Waals surface area contributed by atoms with Crippen LogP contribution in [-0.2, 0) is 10.0 Å². The Kier molecular flexibility index (Phi) is 4.72. The number of sulfonamides is 1. The monoisotopic (exact) mass is 254 g/mol. The molecule has 0 fully saturated rings. The summed E-state index contributed by atoms with van der Waals surface area (Å²) in [4.78, 5) is 0.127. The van der Waals surface area contributed by atoms with Crippen LogP contribution in [0.15, 0.2) is 41.8 Å². The smallest absolute Gasteiger partial charge is 0.238 e. The molecule has 0 aliphatic carbocycles. The summed E-state index contributed by atoms with van der Waals surface area (Å²) in [6.07, 6.45) is 3.81. The molecule has 0 spiro atoms. The largest absolute Gasteiger partial charge is 0.383 e. The number of allylic oxidation sites excluding steroid dienone is 1. The molecule has 0 bridgehead atoms. The second-order valence-electron chi connectivity index (χ2n) is 3.98. The van der Waals surface area contributed by atoms with Gasteiger partial charge in [0.2, 0.25) is 10.0 Å². The Hall–Kier alpha value is -1.33. The van der Waals surface area contributed by atoms with Gasteiger partial charge in [0.1, 0.15) is 0 Å².